The molecule has 7 heteroatoms. The molecule has 2 aromatic rings. The largest absolute Gasteiger partial charge is 0.492 e. The third kappa shape index (κ3) is 5.03. The number of hydrogen-bond acceptors (Lipinski definition) is 3. The standard InChI is InChI=1S/C18H13BrFIN2O2/c1-2-25-17-13(19)8-11(9-15(17)21)7-12(10-22)18(24)23-16-6-4-3-5-14(16)20/h3-9H,2H2,1H3,(H,23,24)/b12-7-. The van der Waals surface area contributed by atoms with E-state index in [1.807, 2.05) is 13.0 Å². The fourth-order valence-corrected chi connectivity index (χ4v) is 3.78. The molecule has 0 saturated heterocycles. The zero-order chi connectivity index (χ0) is 18.4. The van der Waals surface area contributed by atoms with E-state index in [2.05, 4.69) is 43.8 Å². The third-order valence-corrected chi connectivity index (χ3v) is 4.50. The molecule has 2 aromatic carbocycles. The van der Waals surface area contributed by atoms with Crippen molar-refractivity contribution in [2.45, 2.75) is 6.92 Å². The summed E-state index contributed by atoms with van der Waals surface area (Å²) in [5, 5.41) is 11.7. The molecule has 0 unspecified atom stereocenters. The summed E-state index contributed by atoms with van der Waals surface area (Å²) in [4.78, 5) is 12.2. The number of benzene rings is 2. The van der Waals surface area contributed by atoms with Crippen LogP contribution in [0.5, 0.6) is 5.75 Å². The first-order valence-electron chi connectivity index (χ1n) is 7.25. The molecule has 0 atom stereocenters. The molecule has 0 aliphatic heterocycles. The Kier molecular flexibility index (Phi) is 6.96. The SMILES string of the molecule is CCOc1c(Br)cc(/C=C(/C#N)C(=O)Nc2ccccc2F)cc1I. The predicted octanol–water partition coefficient (Wildman–Crippen LogP) is 5.14. The van der Waals surface area contributed by atoms with E-state index >= 15 is 0 Å². The maximum atomic E-state index is 13.6. The van der Waals surface area contributed by atoms with Crippen molar-refractivity contribution in [1.82, 2.24) is 0 Å². The van der Waals surface area contributed by atoms with Gasteiger partial charge in [-0.3, -0.25) is 4.79 Å². The topological polar surface area (TPSA) is 62.1 Å². The molecule has 0 heterocycles. The van der Waals surface area contributed by atoms with Gasteiger partial charge in [0.25, 0.3) is 5.91 Å². The lowest BCUT2D eigenvalue weighted by atomic mass is 10.1. The number of nitrogens with one attached hydrogen (secondary N) is 1. The molecule has 2 rings (SSSR count). The van der Waals surface area contributed by atoms with E-state index < -0.39 is 11.7 Å². The van der Waals surface area contributed by atoms with Crippen molar-refractivity contribution in [2.24, 2.45) is 0 Å². The number of para-hydroxylation sites is 1. The summed E-state index contributed by atoms with van der Waals surface area (Å²) in [6.07, 6.45) is 1.44. The molecule has 0 bridgehead atoms. The molecule has 0 aliphatic carbocycles. The minimum atomic E-state index is -0.674. The molecule has 1 amide bonds. The molecule has 4 nitrogen and oxygen atoms in total. The molecule has 0 radical (unpaired) electrons. The minimum Gasteiger partial charge on any atom is -0.492 e. The van der Waals surface area contributed by atoms with E-state index in [1.165, 1.54) is 24.3 Å². The average Bonchev–Trinajstić information content (AvgIpc) is 2.58. The smallest absolute Gasteiger partial charge is 0.266 e. The fraction of sp³-hybridized carbons (Fsp3) is 0.111. The Morgan fingerprint density at radius 3 is 2.76 bits per heavy atom. The summed E-state index contributed by atoms with van der Waals surface area (Å²) < 4.78 is 20.7. The molecule has 0 spiro atoms. The summed E-state index contributed by atoms with van der Waals surface area (Å²) in [5.41, 5.74) is 0.547. The van der Waals surface area contributed by atoms with Crippen LogP contribution < -0.4 is 10.1 Å². The van der Waals surface area contributed by atoms with Gasteiger partial charge in [-0.2, -0.15) is 5.26 Å². The Balaban J connectivity index is 2.30. The lowest BCUT2D eigenvalue weighted by Gasteiger charge is -2.10. The monoisotopic (exact) mass is 514 g/mol. The highest BCUT2D eigenvalue weighted by molar-refractivity contribution is 14.1. The molecular weight excluding hydrogens is 502 g/mol. The maximum Gasteiger partial charge on any atom is 0.266 e. The predicted molar refractivity (Wildman–Crippen MR) is 107 cm³/mol. The van der Waals surface area contributed by atoms with Gasteiger partial charge in [-0.05, 0) is 81.3 Å². The summed E-state index contributed by atoms with van der Waals surface area (Å²) in [5.74, 6) is -0.534. The van der Waals surface area contributed by atoms with E-state index in [1.54, 1.807) is 18.2 Å². The summed E-state index contributed by atoms with van der Waals surface area (Å²) in [6.45, 7) is 2.41. The van der Waals surface area contributed by atoms with Crippen molar-refractivity contribution in [3.8, 4) is 11.8 Å². The molecule has 0 aliphatic rings. The second-order valence-electron chi connectivity index (χ2n) is 4.85. The molecule has 25 heavy (non-hydrogen) atoms. The molecule has 0 saturated carbocycles. The van der Waals surface area contributed by atoms with Gasteiger partial charge in [0, 0.05) is 0 Å². The summed E-state index contributed by atoms with van der Waals surface area (Å²) >= 11 is 5.54. The Bertz CT molecular complexity index is 855. The minimum absolute atomic E-state index is 0.0242. The van der Waals surface area contributed by atoms with Gasteiger partial charge in [-0.1, -0.05) is 12.1 Å². The van der Waals surface area contributed by atoms with Crippen molar-refractivity contribution < 1.29 is 13.9 Å². The number of halogens is 3. The normalized spacial score (nSPS) is 10.9. The van der Waals surface area contributed by atoms with Crippen LogP contribution in [0, 0.1) is 20.7 Å². The van der Waals surface area contributed by atoms with Crippen molar-refractivity contribution in [1.29, 1.82) is 5.26 Å². The van der Waals surface area contributed by atoms with Gasteiger partial charge >= 0.3 is 0 Å². The van der Waals surface area contributed by atoms with Crippen molar-refractivity contribution >= 4 is 56.2 Å². The number of anilines is 1. The average molecular weight is 515 g/mol. The Labute approximate surface area is 167 Å². The number of nitrogens with zero attached hydrogens (tertiary/aromatic N) is 1. The summed E-state index contributed by atoms with van der Waals surface area (Å²) in [7, 11) is 0. The highest BCUT2D eigenvalue weighted by Crippen LogP contribution is 2.32. The van der Waals surface area contributed by atoms with Gasteiger partial charge in [0.1, 0.15) is 23.2 Å². The van der Waals surface area contributed by atoms with Crippen LogP contribution in [0.3, 0.4) is 0 Å². The number of amides is 1. The van der Waals surface area contributed by atoms with Gasteiger partial charge in [0.2, 0.25) is 0 Å². The van der Waals surface area contributed by atoms with Crippen LogP contribution >= 0.6 is 38.5 Å². The fourth-order valence-electron chi connectivity index (χ4n) is 2.01. The summed E-state index contributed by atoms with van der Waals surface area (Å²) in [6, 6.07) is 11.2. The molecule has 0 fully saturated rings. The Morgan fingerprint density at radius 2 is 2.16 bits per heavy atom. The van der Waals surface area contributed by atoms with Gasteiger partial charge in [-0.25, -0.2) is 4.39 Å². The van der Waals surface area contributed by atoms with Crippen LogP contribution in [-0.4, -0.2) is 12.5 Å². The van der Waals surface area contributed by atoms with E-state index in [9.17, 15) is 14.4 Å². The quantitative estimate of drug-likeness (QED) is 0.341. The molecule has 1 N–H and O–H groups in total. The van der Waals surface area contributed by atoms with E-state index in [-0.39, 0.29) is 11.3 Å². The number of hydrogen-bond donors (Lipinski definition) is 1. The van der Waals surface area contributed by atoms with Gasteiger partial charge in [0.05, 0.1) is 20.3 Å². The first-order chi connectivity index (χ1) is 12.0. The van der Waals surface area contributed by atoms with Crippen LogP contribution in [0.1, 0.15) is 12.5 Å². The highest BCUT2D eigenvalue weighted by atomic mass is 127. The zero-order valence-electron chi connectivity index (χ0n) is 13.1. The van der Waals surface area contributed by atoms with Crippen LogP contribution in [-0.2, 0) is 4.79 Å². The Morgan fingerprint density at radius 1 is 1.44 bits per heavy atom. The zero-order valence-corrected chi connectivity index (χ0v) is 16.9. The molecule has 0 aromatic heterocycles. The van der Waals surface area contributed by atoms with Crippen molar-refractivity contribution in [2.75, 3.05) is 11.9 Å². The lowest BCUT2D eigenvalue weighted by molar-refractivity contribution is -0.112. The maximum absolute atomic E-state index is 13.6. The van der Waals surface area contributed by atoms with Gasteiger partial charge < -0.3 is 10.1 Å². The molecule has 128 valence electrons. The number of rotatable bonds is 5. The first kappa shape index (κ1) is 19.4. The van der Waals surface area contributed by atoms with Crippen LogP contribution in [0.15, 0.2) is 46.4 Å². The lowest BCUT2D eigenvalue weighted by Crippen LogP contribution is -2.14. The second kappa shape index (κ2) is 8.97. The Hall–Kier alpha value is -1.92. The highest BCUT2D eigenvalue weighted by Gasteiger charge is 2.13. The van der Waals surface area contributed by atoms with Gasteiger partial charge in [-0.15, -0.1) is 0 Å². The van der Waals surface area contributed by atoms with E-state index in [4.69, 9.17) is 4.74 Å². The number of carbonyl (C=O) groups is 1. The second-order valence-corrected chi connectivity index (χ2v) is 6.87. The van der Waals surface area contributed by atoms with Crippen LogP contribution in [0.25, 0.3) is 6.08 Å². The van der Waals surface area contributed by atoms with Crippen molar-refractivity contribution in [3.05, 3.63) is 61.4 Å². The van der Waals surface area contributed by atoms with E-state index in [0.29, 0.717) is 17.9 Å². The van der Waals surface area contributed by atoms with E-state index in [0.717, 1.165) is 8.04 Å². The first-order valence-corrected chi connectivity index (χ1v) is 9.13. The number of ether oxygens (including phenoxy) is 1. The van der Waals surface area contributed by atoms with Gasteiger partial charge in [0.15, 0.2) is 0 Å². The van der Waals surface area contributed by atoms with Crippen LogP contribution in [0.2, 0.25) is 0 Å². The molecular formula is C18H13BrFIN2O2. The third-order valence-electron chi connectivity index (χ3n) is 3.11. The number of carbonyl (C=O) groups excluding carboxylic acids is 1. The van der Waals surface area contributed by atoms with Crippen molar-refractivity contribution in [3.63, 3.8) is 0 Å². The van der Waals surface area contributed by atoms with Crippen LogP contribution in [0.4, 0.5) is 10.1 Å². The number of nitriles is 1.